The minimum Gasteiger partial charge on any atom is -0.497 e. The van der Waals surface area contributed by atoms with Gasteiger partial charge in [-0.1, -0.05) is 6.07 Å². The molecular formula is C14H19NO2. The van der Waals surface area contributed by atoms with E-state index in [9.17, 15) is 0 Å². The average molecular weight is 233 g/mol. The van der Waals surface area contributed by atoms with Crippen molar-refractivity contribution < 1.29 is 9.47 Å². The summed E-state index contributed by atoms with van der Waals surface area (Å²) in [5, 5.41) is 3.68. The van der Waals surface area contributed by atoms with Gasteiger partial charge in [0.05, 0.1) is 26.4 Å². The third-order valence-corrected chi connectivity index (χ3v) is 3.74. The van der Waals surface area contributed by atoms with Crippen LogP contribution in [0.4, 0.5) is 0 Å². The first-order valence-electron chi connectivity index (χ1n) is 6.37. The topological polar surface area (TPSA) is 30.5 Å². The second-order valence-electron chi connectivity index (χ2n) is 4.91. The lowest BCUT2D eigenvalue weighted by molar-refractivity contribution is -0.0110. The largest absolute Gasteiger partial charge is 0.497 e. The van der Waals surface area contributed by atoms with Gasteiger partial charge in [-0.05, 0) is 42.5 Å². The number of hydrogen-bond donors (Lipinski definition) is 1. The van der Waals surface area contributed by atoms with Crippen LogP contribution in [0, 0.1) is 0 Å². The number of fused-ring (bicyclic) bond motifs is 1. The molecular weight excluding hydrogens is 214 g/mol. The Morgan fingerprint density at radius 1 is 1.35 bits per heavy atom. The highest BCUT2D eigenvalue weighted by molar-refractivity contribution is 5.39. The van der Waals surface area contributed by atoms with Crippen LogP contribution in [0.15, 0.2) is 18.2 Å². The summed E-state index contributed by atoms with van der Waals surface area (Å²) in [5.41, 5.74) is 2.89. The quantitative estimate of drug-likeness (QED) is 0.867. The van der Waals surface area contributed by atoms with Gasteiger partial charge in [-0.25, -0.2) is 0 Å². The first-order chi connectivity index (χ1) is 8.36. The first-order valence-corrected chi connectivity index (χ1v) is 6.37. The van der Waals surface area contributed by atoms with Crippen LogP contribution in [0.2, 0.25) is 0 Å². The smallest absolute Gasteiger partial charge is 0.119 e. The maximum atomic E-state index is 5.32. The molecule has 0 amide bonds. The number of ether oxygens (including phenoxy) is 2. The highest BCUT2D eigenvalue weighted by Crippen LogP contribution is 2.33. The Hall–Kier alpha value is -1.06. The van der Waals surface area contributed by atoms with Crippen molar-refractivity contribution in [3.05, 3.63) is 29.3 Å². The molecule has 0 spiro atoms. The number of nitrogens with one attached hydrogen (secondary N) is 1. The van der Waals surface area contributed by atoms with Gasteiger partial charge in [0, 0.05) is 6.04 Å². The zero-order valence-electron chi connectivity index (χ0n) is 10.2. The van der Waals surface area contributed by atoms with Gasteiger partial charge in [0.25, 0.3) is 0 Å². The van der Waals surface area contributed by atoms with Crippen LogP contribution in [0.25, 0.3) is 0 Å². The van der Waals surface area contributed by atoms with E-state index >= 15 is 0 Å². The van der Waals surface area contributed by atoms with Crippen LogP contribution < -0.4 is 10.1 Å². The van der Waals surface area contributed by atoms with Crippen LogP contribution in [0.3, 0.4) is 0 Å². The van der Waals surface area contributed by atoms with Gasteiger partial charge < -0.3 is 14.8 Å². The second-order valence-corrected chi connectivity index (χ2v) is 4.91. The highest BCUT2D eigenvalue weighted by atomic mass is 16.5. The summed E-state index contributed by atoms with van der Waals surface area (Å²) in [7, 11) is 1.73. The lowest BCUT2D eigenvalue weighted by Crippen LogP contribution is -2.47. The lowest BCUT2D eigenvalue weighted by atomic mass is 9.87. The fourth-order valence-corrected chi connectivity index (χ4v) is 2.69. The van der Waals surface area contributed by atoms with Crippen molar-refractivity contribution in [2.75, 3.05) is 20.3 Å². The highest BCUT2D eigenvalue weighted by Gasteiger charge is 2.26. The van der Waals surface area contributed by atoms with Crippen molar-refractivity contribution >= 4 is 0 Å². The summed E-state index contributed by atoms with van der Waals surface area (Å²) in [4.78, 5) is 0. The number of aryl methyl sites for hydroxylation is 1. The van der Waals surface area contributed by atoms with Crippen molar-refractivity contribution in [1.82, 2.24) is 5.32 Å². The Morgan fingerprint density at radius 3 is 2.94 bits per heavy atom. The third-order valence-electron chi connectivity index (χ3n) is 3.74. The molecule has 1 aliphatic carbocycles. The molecule has 0 aromatic heterocycles. The molecule has 1 fully saturated rings. The van der Waals surface area contributed by atoms with E-state index in [4.69, 9.17) is 9.47 Å². The Kier molecular flexibility index (Phi) is 3.04. The zero-order valence-corrected chi connectivity index (χ0v) is 10.2. The molecule has 0 bridgehead atoms. The van der Waals surface area contributed by atoms with Gasteiger partial charge in [-0.15, -0.1) is 0 Å². The standard InChI is InChI=1S/C14H19NO2/c1-16-12-6-5-10-3-2-4-14(13(10)7-12)15-11-8-17-9-11/h5-7,11,14-15H,2-4,8-9H2,1H3. The molecule has 0 saturated carbocycles. The first kappa shape index (κ1) is 11.1. The molecule has 2 aliphatic rings. The molecule has 3 nitrogen and oxygen atoms in total. The predicted octanol–water partition coefficient (Wildman–Crippen LogP) is 2.06. The van der Waals surface area contributed by atoms with Crippen LogP contribution in [0.5, 0.6) is 5.75 Å². The van der Waals surface area contributed by atoms with Crippen LogP contribution in [-0.2, 0) is 11.2 Å². The van der Waals surface area contributed by atoms with Crippen molar-refractivity contribution in [1.29, 1.82) is 0 Å². The third kappa shape index (κ3) is 2.17. The van der Waals surface area contributed by atoms with E-state index < -0.39 is 0 Å². The normalized spacial score (nSPS) is 23.9. The summed E-state index contributed by atoms with van der Waals surface area (Å²) >= 11 is 0. The summed E-state index contributed by atoms with van der Waals surface area (Å²) in [6, 6.07) is 7.47. The molecule has 1 aliphatic heterocycles. The summed E-state index contributed by atoms with van der Waals surface area (Å²) in [6.07, 6.45) is 3.68. The average Bonchev–Trinajstić information content (AvgIpc) is 2.33. The molecule has 1 aromatic carbocycles. The Balaban J connectivity index is 1.82. The number of rotatable bonds is 3. The van der Waals surface area contributed by atoms with Gasteiger partial charge in [-0.3, -0.25) is 0 Å². The maximum Gasteiger partial charge on any atom is 0.119 e. The molecule has 3 rings (SSSR count). The molecule has 1 atom stereocenters. The molecule has 92 valence electrons. The molecule has 1 unspecified atom stereocenters. The lowest BCUT2D eigenvalue weighted by Gasteiger charge is -2.34. The monoisotopic (exact) mass is 233 g/mol. The predicted molar refractivity (Wildman–Crippen MR) is 66.4 cm³/mol. The second kappa shape index (κ2) is 4.67. The Morgan fingerprint density at radius 2 is 2.24 bits per heavy atom. The molecule has 17 heavy (non-hydrogen) atoms. The van der Waals surface area contributed by atoms with Crippen molar-refractivity contribution in [3.8, 4) is 5.75 Å². The zero-order chi connectivity index (χ0) is 11.7. The van der Waals surface area contributed by atoms with E-state index in [1.165, 1.54) is 30.4 Å². The van der Waals surface area contributed by atoms with E-state index in [1.54, 1.807) is 7.11 Å². The van der Waals surface area contributed by atoms with Crippen molar-refractivity contribution in [3.63, 3.8) is 0 Å². The van der Waals surface area contributed by atoms with E-state index in [2.05, 4.69) is 23.5 Å². The minimum absolute atomic E-state index is 0.475. The molecule has 1 saturated heterocycles. The fraction of sp³-hybridized carbons (Fsp3) is 0.571. The SMILES string of the molecule is COc1ccc2c(c1)C(NC1COC1)CCC2. The summed E-state index contributed by atoms with van der Waals surface area (Å²) < 4.78 is 10.5. The molecule has 3 heteroatoms. The fourth-order valence-electron chi connectivity index (χ4n) is 2.69. The maximum absolute atomic E-state index is 5.32. The van der Waals surface area contributed by atoms with Crippen LogP contribution in [-0.4, -0.2) is 26.4 Å². The Labute approximate surface area is 102 Å². The van der Waals surface area contributed by atoms with Gasteiger partial charge >= 0.3 is 0 Å². The van der Waals surface area contributed by atoms with E-state index in [-0.39, 0.29) is 0 Å². The van der Waals surface area contributed by atoms with Gasteiger partial charge in [0.15, 0.2) is 0 Å². The van der Waals surface area contributed by atoms with Crippen LogP contribution in [0.1, 0.15) is 30.0 Å². The number of hydrogen-bond acceptors (Lipinski definition) is 3. The van der Waals surface area contributed by atoms with Gasteiger partial charge in [-0.2, -0.15) is 0 Å². The van der Waals surface area contributed by atoms with E-state index in [0.29, 0.717) is 12.1 Å². The minimum atomic E-state index is 0.475. The van der Waals surface area contributed by atoms with Gasteiger partial charge in [0.2, 0.25) is 0 Å². The van der Waals surface area contributed by atoms with Crippen molar-refractivity contribution in [2.24, 2.45) is 0 Å². The number of methoxy groups -OCH3 is 1. The van der Waals surface area contributed by atoms with E-state index in [1.807, 2.05) is 0 Å². The Bertz CT molecular complexity index is 401. The van der Waals surface area contributed by atoms with Crippen LogP contribution >= 0.6 is 0 Å². The molecule has 0 radical (unpaired) electrons. The van der Waals surface area contributed by atoms with Gasteiger partial charge in [0.1, 0.15) is 5.75 Å². The molecule has 1 aromatic rings. The summed E-state index contributed by atoms with van der Waals surface area (Å²) in [6.45, 7) is 1.71. The summed E-state index contributed by atoms with van der Waals surface area (Å²) in [5.74, 6) is 0.960. The molecule has 1 heterocycles. The van der Waals surface area contributed by atoms with Crippen molar-refractivity contribution in [2.45, 2.75) is 31.3 Å². The molecule has 1 N–H and O–H groups in total. The number of benzene rings is 1. The van der Waals surface area contributed by atoms with E-state index in [0.717, 1.165) is 19.0 Å².